The van der Waals surface area contributed by atoms with Crippen molar-refractivity contribution in [3.8, 4) is 11.5 Å². The smallest absolute Gasteiger partial charge is 0.223 e. The van der Waals surface area contributed by atoms with Crippen molar-refractivity contribution in [2.24, 2.45) is 5.92 Å². The Morgan fingerprint density at radius 3 is 2.69 bits per heavy atom. The highest BCUT2D eigenvalue weighted by Gasteiger charge is 2.26. The fourth-order valence-corrected chi connectivity index (χ4v) is 3.76. The van der Waals surface area contributed by atoms with Crippen LogP contribution in [0.15, 0.2) is 18.2 Å². The first-order chi connectivity index (χ1) is 12.7. The van der Waals surface area contributed by atoms with E-state index in [0.29, 0.717) is 6.54 Å². The largest absolute Gasteiger partial charge is 0.497 e. The zero-order valence-electron chi connectivity index (χ0n) is 15.8. The summed E-state index contributed by atoms with van der Waals surface area (Å²) in [6.07, 6.45) is 4.15. The SMILES string of the molecule is COc1ccc(OC)c(CN2CCC(C(=O)NCC3CCCO3)CC2)c1. The summed E-state index contributed by atoms with van der Waals surface area (Å²) in [7, 11) is 3.36. The second kappa shape index (κ2) is 9.24. The average Bonchev–Trinajstić information content (AvgIpc) is 3.20. The number of carbonyl (C=O) groups is 1. The van der Waals surface area contributed by atoms with E-state index in [4.69, 9.17) is 14.2 Å². The first-order valence-electron chi connectivity index (χ1n) is 9.52. The number of methoxy groups -OCH3 is 2. The zero-order valence-corrected chi connectivity index (χ0v) is 15.8. The summed E-state index contributed by atoms with van der Waals surface area (Å²) in [6, 6.07) is 5.88. The minimum atomic E-state index is 0.111. The Morgan fingerprint density at radius 1 is 1.23 bits per heavy atom. The van der Waals surface area contributed by atoms with Gasteiger partial charge in [-0.15, -0.1) is 0 Å². The fraction of sp³-hybridized carbons (Fsp3) is 0.650. The van der Waals surface area contributed by atoms with Crippen molar-refractivity contribution in [3.63, 3.8) is 0 Å². The monoisotopic (exact) mass is 362 g/mol. The number of nitrogens with one attached hydrogen (secondary N) is 1. The molecule has 0 saturated carbocycles. The second-order valence-electron chi connectivity index (χ2n) is 7.11. The zero-order chi connectivity index (χ0) is 18.4. The number of likely N-dealkylation sites (tertiary alicyclic amines) is 1. The molecule has 0 spiro atoms. The van der Waals surface area contributed by atoms with Gasteiger partial charge < -0.3 is 19.5 Å². The number of benzene rings is 1. The van der Waals surface area contributed by atoms with Gasteiger partial charge in [-0.25, -0.2) is 0 Å². The predicted octanol–water partition coefficient (Wildman–Crippen LogP) is 2.21. The summed E-state index contributed by atoms with van der Waals surface area (Å²) in [5, 5.41) is 3.07. The number of nitrogens with zero attached hydrogens (tertiary/aromatic N) is 1. The first-order valence-corrected chi connectivity index (χ1v) is 9.52. The van der Waals surface area contributed by atoms with E-state index in [2.05, 4.69) is 10.2 Å². The van der Waals surface area contributed by atoms with Crippen LogP contribution in [-0.4, -0.2) is 57.4 Å². The van der Waals surface area contributed by atoms with Crippen LogP contribution in [0.1, 0.15) is 31.2 Å². The highest BCUT2D eigenvalue weighted by molar-refractivity contribution is 5.78. The highest BCUT2D eigenvalue weighted by Crippen LogP contribution is 2.27. The molecule has 2 fully saturated rings. The molecule has 0 bridgehead atoms. The van der Waals surface area contributed by atoms with Gasteiger partial charge in [0.1, 0.15) is 11.5 Å². The van der Waals surface area contributed by atoms with Gasteiger partial charge in [0, 0.05) is 31.2 Å². The maximum absolute atomic E-state index is 12.4. The molecule has 1 unspecified atom stereocenters. The number of carbonyl (C=O) groups excluding carboxylic acids is 1. The lowest BCUT2D eigenvalue weighted by atomic mass is 9.95. The average molecular weight is 362 g/mol. The minimum absolute atomic E-state index is 0.111. The van der Waals surface area contributed by atoms with E-state index >= 15 is 0 Å². The lowest BCUT2D eigenvalue weighted by molar-refractivity contribution is -0.127. The van der Waals surface area contributed by atoms with Crippen LogP contribution in [0, 0.1) is 5.92 Å². The van der Waals surface area contributed by atoms with E-state index in [-0.39, 0.29) is 17.9 Å². The van der Waals surface area contributed by atoms with Gasteiger partial charge in [-0.3, -0.25) is 9.69 Å². The molecule has 0 aromatic heterocycles. The fourth-order valence-electron chi connectivity index (χ4n) is 3.76. The molecule has 1 aromatic rings. The van der Waals surface area contributed by atoms with Crippen molar-refractivity contribution in [1.82, 2.24) is 10.2 Å². The van der Waals surface area contributed by atoms with Crippen molar-refractivity contribution in [1.29, 1.82) is 0 Å². The Kier molecular flexibility index (Phi) is 6.74. The predicted molar refractivity (Wildman–Crippen MR) is 99.5 cm³/mol. The van der Waals surface area contributed by atoms with E-state index in [1.54, 1.807) is 14.2 Å². The molecule has 1 aromatic carbocycles. The Balaban J connectivity index is 1.46. The molecule has 6 heteroatoms. The normalized spacial score (nSPS) is 21.5. The lowest BCUT2D eigenvalue weighted by Gasteiger charge is -2.31. The van der Waals surface area contributed by atoms with Gasteiger partial charge in [0.05, 0.1) is 20.3 Å². The second-order valence-corrected chi connectivity index (χ2v) is 7.11. The molecule has 2 aliphatic heterocycles. The number of ether oxygens (including phenoxy) is 3. The standard InChI is InChI=1S/C20H30N2O4/c1-24-17-5-6-19(25-2)16(12-17)14-22-9-7-15(8-10-22)20(23)21-13-18-4-3-11-26-18/h5-6,12,15,18H,3-4,7-11,13-14H2,1-2H3,(H,21,23). The number of hydrogen-bond acceptors (Lipinski definition) is 5. The van der Waals surface area contributed by atoms with Crippen LogP contribution in [-0.2, 0) is 16.1 Å². The molecular formula is C20H30N2O4. The third kappa shape index (κ3) is 4.89. The molecule has 6 nitrogen and oxygen atoms in total. The van der Waals surface area contributed by atoms with Crippen molar-refractivity contribution in [3.05, 3.63) is 23.8 Å². The molecule has 2 aliphatic rings. The Morgan fingerprint density at radius 2 is 2.04 bits per heavy atom. The third-order valence-electron chi connectivity index (χ3n) is 5.37. The summed E-state index contributed by atoms with van der Waals surface area (Å²) >= 11 is 0. The highest BCUT2D eigenvalue weighted by atomic mass is 16.5. The molecule has 2 saturated heterocycles. The van der Waals surface area contributed by atoms with E-state index in [1.807, 2.05) is 18.2 Å². The van der Waals surface area contributed by atoms with E-state index in [0.717, 1.165) is 69.0 Å². The van der Waals surface area contributed by atoms with Gasteiger partial charge in [-0.2, -0.15) is 0 Å². The van der Waals surface area contributed by atoms with E-state index < -0.39 is 0 Å². The first kappa shape index (κ1) is 19.0. The van der Waals surface area contributed by atoms with E-state index in [1.165, 1.54) is 0 Å². The number of hydrogen-bond donors (Lipinski definition) is 1. The molecule has 0 radical (unpaired) electrons. The Labute approximate surface area is 155 Å². The maximum atomic E-state index is 12.4. The summed E-state index contributed by atoms with van der Waals surface area (Å²) < 4.78 is 16.4. The lowest BCUT2D eigenvalue weighted by Crippen LogP contribution is -2.42. The van der Waals surface area contributed by atoms with Crippen molar-refractivity contribution in [2.75, 3.05) is 40.5 Å². The van der Waals surface area contributed by atoms with Gasteiger partial charge in [-0.1, -0.05) is 0 Å². The van der Waals surface area contributed by atoms with Crippen LogP contribution >= 0.6 is 0 Å². The quantitative estimate of drug-likeness (QED) is 0.806. The van der Waals surface area contributed by atoms with Gasteiger partial charge in [-0.05, 0) is 57.0 Å². The Hall–Kier alpha value is -1.79. The van der Waals surface area contributed by atoms with E-state index in [9.17, 15) is 4.79 Å². The van der Waals surface area contributed by atoms with Gasteiger partial charge in [0.25, 0.3) is 0 Å². The minimum Gasteiger partial charge on any atom is -0.497 e. The maximum Gasteiger partial charge on any atom is 0.223 e. The molecule has 0 aliphatic carbocycles. The molecule has 1 atom stereocenters. The van der Waals surface area contributed by atoms with Crippen LogP contribution in [0.4, 0.5) is 0 Å². The van der Waals surface area contributed by atoms with Crippen molar-refractivity contribution >= 4 is 5.91 Å². The summed E-state index contributed by atoms with van der Waals surface area (Å²) in [5.74, 6) is 2.00. The molecule has 26 heavy (non-hydrogen) atoms. The molecule has 2 heterocycles. The van der Waals surface area contributed by atoms with Crippen LogP contribution in [0.2, 0.25) is 0 Å². The Bertz CT molecular complexity index is 593. The molecular weight excluding hydrogens is 332 g/mol. The summed E-state index contributed by atoms with van der Waals surface area (Å²) in [4.78, 5) is 14.8. The van der Waals surface area contributed by atoms with Crippen molar-refractivity contribution < 1.29 is 19.0 Å². The van der Waals surface area contributed by atoms with Crippen molar-refractivity contribution in [2.45, 2.75) is 38.3 Å². The van der Waals surface area contributed by atoms with Crippen LogP contribution in [0.5, 0.6) is 11.5 Å². The topological polar surface area (TPSA) is 60.0 Å². The van der Waals surface area contributed by atoms with Crippen LogP contribution in [0.3, 0.4) is 0 Å². The van der Waals surface area contributed by atoms with Crippen LogP contribution < -0.4 is 14.8 Å². The van der Waals surface area contributed by atoms with Gasteiger partial charge in [0.15, 0.2) is 0 Å². The third-order valence-corrected chi connectivity index (χ3v) is 5.37. The van der Waals surface area contributed by atoms with Crippen LogP contribution in [0.25, 0.3) is 0 Å². The molecule has 1 amide bonds. The number of piperidine rings is 1. The summed E-state index contributed by atoms with van der Waals surface area (Å²) in [6.45, 7) is 4.12. The molecule has 1 N–H and O–H groups in total. The number of rotatable bonds is 7. The molecule has 3 rings (SSSR count). The number of amides is 1. The molecule has 144 valence electrons. The van der Waals surface area contributed by atoms with Gasteiger partial charge >= 0.3 is 0 Å². The summed E-state index contributed by atoms with van der Waals surface area (Å²) in [5.41, 5.74) is 1.12. The van der Waals surface area contributed by atoms with Gasteiger partial charge in [0.2, 0.25) is 5.91 Å².